The van der Waals surface area contributed by atoms with Gasteiger partial charge < -0.3 is 4.74 Å². The van der Waals surface area contributed by atoms with Crippen LogP contribution in [0.4, 0.5) is 0 Å². The first kappa shape index (κ1) is 4.37. The highest BCUT2D eigenvalue weighted by atomic mass is 16.5. The summed E-state index contributed by atoms with van der Waals surface area (Å²) in [7, 11) is 0. The van der Waals surface area contributed by atoms with Crippen LogP contribution in [-0.4, -0.2) is 5.97 Å². The fraction of sp³-hybridized carbons (Fsp3) is 0.400. The maximum Gasteiger partial charge on any atom is 0.314 e. The van der Waals surface area contributed by atoms with E-state index in [4.69, 9.17) is 0 Å². The van der Waals surface area contributed by atoms with Crippen LogP contribution in [0.2, 0.25) is 0 Å². The minimum absolute atomic E-state index is 0.141. The molecule has 0 N–H and O–H groups in total. The maximum atomic E-state index is 10.2. The van der Waals surface area contributed by atoms with Crippen molar-refractivity contribution < 1.29 is 9.53 Å². The molecular weight excluding hydrogens is 92.1 g/mol. The van der Waals surface area contributed by atoms with E-state index < -0.39 is 0 Å². The molecule has 0 saturated carbocycles. The number of hydrogen-bond acceptors (Lipinski definition) is 2. The average Bonchev–Trinajstić information content (AvgIpc) is 1.87. The highest BCUT2D eigenvalue weighted by molar-refractivity contribution is 5.75. The fourth-order valence-corrected chi connectivity index (χ4v) is 0.477. The molecular formula is C5H6O2. The van der Waals surface area contributed by atoms with Gasteiger partial charge in [0.25, 0.3) is 0 Å². The summed E-state index contributed by atoms with van der Waals surface area (Å²) < 4.78 is 4.46. The average molecular weight is 98.1 g/mol. The smallest absolute Gasteiger partial charge is 0.314 e. The molecule has 0 saturated heterocycles. The summed E-state index contributed by atoms with van der Waals surface area (Å²) in [6.07, 6.45) is 1.96. The van der Waals surface area contributed by atoms with Crippen LogP contribution in [0, 0.1) is 0 Å². The van der Waals surface area contributed by atoms with Gasteiger partial charge in [-0.3, -0.25) is 4.79 Å². The van der Waals surface area contributed by atoms with Gasteiger partial charge in [-0.05, 0) is 12.5 Å². The first-order chi connectivity index (χ1) is 3.29. The Hall–Kier alpha value is -0.790. The maximum absolute atomic E-state index is 10.2. The van der Waals surface area contributed by atoms with Gasteiger partial charge in [-0.2, -0.15) is 0 Å². The Morgan fingerprint density at radius 3 is 2.71 bits per heavy atom. The summed E-state index contributed by atoms with van der Waals surface area (Å²) in [6, 6.07) is 0. The molecule has 0 aromatic carbocycles. The van der Waals surface area contributed by atoms with Gasteiger partial charge in [-0.1, -0.05) is 0 Å². The number of cyclic esters (lactones) is 1. The molecule has 2 heteroatoms. The highest BCUT2D eigenvalue weighted by Crippen LogP contribution is 2.08. The third-order valence-electron chi connectivity index (χ3n) is 0.815. The molecule has 7 heavy (non-hydrogen) atoms. The van der Waals surface area contributed by atoms with Crippen molar-refractivity contribution >= 4 is 5.97 Å². The van der Waals surface area contributed by atoms with Crippen LogP contribution >= 0.6 is 0 Å². The van der Waals surface area contributed by atoms with Gasteiger partial charge in [0.15, 0.2) is 0 Å². The lowest BCUT2D eigenvalue weighted by Crippen LogP contribution is -1.89. The topological polar surface area (TPSA) is 26.3 Å². The second-order valence-corrected chi connectivity index (χ2v) is 1.63. The van der Waals surface area contributed by atoms with Crippen LogP contribution in [0.1, 0.15) is 13.3 Å². The third kappa shape index (κ3) is 0.796. The lowest BCUT2D eigenvalue weighted by Gasteiger charge is -1.79. The van der Waals surface area contributed by atoms with E-state index in [1.54, 1.807) is 0 Å². The van der Waals surface area contributed by atoms with Crippen LogP contribution in [0.25, 0.3) is 0 Å². The first-order valence-corrected chi connectivity index (χ1v) is 2.14. The van der Waals surface area contributed by atoms with Gasteiger partial charge in [0, 0.05) is 0 Å². The predicted octanol–water partition coefficient (Wildman–Crippen LogP) is 0.837. The van der Waals surface area contributed by atoms with Gasteiger partial charge in [0.05, 0.1) is 12.7 Å². The lowest BCUT2D eigenvalue weighted by molar-refractivity contribution is -0.135. The summed E-state index contributed by atoms with van der Waals surface area (Å²) in [5.74, 6) is -0.141. The number of rotatable bonds is 0. The molecule has 0 radical (unpaired) electrons. The van der Waals surface area contributed by atoms with E-state index in [0.29, 0.717) is 6.42 Å². The van der Waals surface area contributed by atoms with Gasteiger partial charge in [0.1, 0.15) is 0 Å². The molecule has 38 valence electrons. The Morgan fingerprint density at radius 2 is 2.57 bits per heavy atom. The van der Waals surface area contributed by atoms with Crippen LogP contribution in [0.15, 0.2) is 11.8 Å². The number of carbonyl (C=O) groups is 1. The summed E-state index contributed by atoms with van der Waals surface area (Å²) in [6.45, 7) is 1.87. The lowest BCUT2D eigenvalue weighted by atomic mass is 10.3. The first-order valence-electron chi connectivity index (χ1n) is 2.14. The van der Waals surface area contributed by atoms with E-state index in [9.17, 15) is 4.79 Å². The molecule has 2 nitrogen and oxygen atoms in total. The number of carbonyl (C=O) groups excluding carboxylic acids is 1. The van der Waals surface area contributed by atoms with E-state index in [-0.39, 0.29) is 5.97 Å². The minimum atomic E-state index is -0.141. The zero-order valence-electron chi connectivity index (χ0n) is 4.10. The Labute approximate surface area is 41.8 Å². The van der Waals surface area contributed by atoms with Gasteiger partial charge in [-0.25, -0.2) is 0 Å². The van der Waals surface area contributed by atoms with Crippen molar-refractivity contribution in [1.82, 2.24) is 0 Å². The van der Waals surface area contributed by atoms with Crippen molar-refractivity contribution in [3.63, 3.8) is 0 Å². The highest BCUT2D eigenvalue weighted by Gasteiger charge is 2.08. The molecule has 1 heterocycles. The van der Waals surface area contributed by atoms with Crippen molar-refractivity contribution in [2.75, 3.05) is 0 Å². The normalized spacial score (nSPS) is 19.0. The SMILES string of the molecule is CC1=COC(=O)C1. The zero-order valence-corrected chi connectivity index (χ0v) is 4.10. The monoisotopic (exact) mass is 98.0 g/mol. The van der Waals surface area contributed by atoms with Crippen LogP contribution < -0.4 is 0 Å². The predicted molar refractivity (Wildman–Crippen MR) is 24.5 cm³/mol. The molecule has 0 aromatic heterocycles. The quantitative estimate of drug-likeness (QED) is 0.419. The number of hydrogen-bond donors (Lipinski definition) is 0. The molecule has 1 aliphatic heterocycles. The van der Waals surface area contributed by atoms with Crippen molar-refractivity contribution in [2.45, 2.75) is 13.3 Å². The van der Waals surface area contributed by atoms with Crippen molar-refractivity contribution in [2.24, 2.45) is 0 Å². The summed E-state index contributed by atoms with van der Waals surface area (Å²) in [5.41, 5.74) is 1.00. The molecule has 1 rings (SSSR count). The summed E-state index contributed by atoms with van der Waals surface area (Å²) in [4.78, 5) is 10.2. The van der Waals surface area contributed by atoms with Crippen LogP contribution in [-0.2, 0) is 9.53 Å². The van der Waals surface area contributed by atoms with Crippen molar-refractivity contribution in [3.8, 4) is 0 Å². The minimum Gasteiger partial charge on any atom is -0.434 e. The molecule has 0 atom stereocenters. The second-order valence-electron chi connectivity index (χ2n) is 1.63. The Kier molecular flexibility index (Phi) is 0.855. The van der Waals surface area contributed by atoms with E-state index in [2.05, 4.69) is 4.74 Å². The number of ether oxygens (including phenoxy) is 1. The van der Waals surface area contributed by atoms with Gasteiger partial charge in [-0.15, -0.1) is 0 Å². The summed E-state index contributed by atoms with van der Waals surface area (Å²) >= 11 is 0. The molecule has 0 amide bonds. The van der Waals surface area contributed by atoms with Crippen LogP contribution in [0.5, 0.6) is 0 Å². The Morgan fingerprint density at radius 1 is 1.86 bits per heavy atom. The van der Waals surface area contributed by atoms with E-state index >= 15 is 0 Å². The van der Waals surface area contributed by atoms with Crippen LogP contribution in [0.3, 0.4) is 0 Å². The Bertz CT molecular complexity index is 124. The van der Waals surface area contributed by atoms with E-state index in [1.165, 1.54) is 6.26 Å². The second kappa shape index (κ2) is 1.37. The van der Waals surface area contributed by atoms with Crippen molar-refractivity contribution in [3.05, 3.63) is 11.8 Å². The summed E-state index contributed by atoms with van der Waals surface area (Å²) in [5, 5.41) is 0. The van der Waals surface area contributed by atoms with E-state index in [1.807, 2.05) is 6.92 Å². The molecule has 0 spiro atoms. The molecule has 1 aliphatic rings. The molecule has 0 bridgehead atoms. The molecule has 0 unspecified atom stereocenters. The Balaban J connectivity index is 2.58. The molecule has 0 aliphatic carbocycles. The third-order valence-corrected chi connectivity index (χ3v) is 0.815. The standard InChI is InChI=1S/C5H6O2/c1-4-2-5(6)7-3-4/h3H,2H2,1H3. The largest absolute Gasteiger partial charge is 0.434 e. The zero-order chi connectivity index (χ0) is 5.28. The van der Waals surface area contributed by atoms with Crippen molar-refractivity contribution in [1.29, 1.82) is 0 Å². The van der Waals surface area contributed by atoms with Gasteiger partial charge >= 0.3 is 5.97 Å². The molecule has 0 fully saturated rings. The van der Waals surface area contributed by atoms with E-state index in [0.717, 1.165) is 5.57 Å². The van der Waals surface area contributed by atoms with Gasteiger partial charge in [0.2, 0.25) is 0 Å². The number of esters is 1. The fourth-order valence-electron chi connectivity index (χ4n) is 0.477. The molecule has 0 aromatic rings.